The number of nitrogens with one attached hydrogen (secondary N) is 1. The van der Waals surface area contributed by atoms with E-state index in [1.54, 1.807) is 0 Å². The molecule has 0 amide bonds. The number of carbonyl (C=O) groups excluding carboxylic acids is 1. The van der Waals surface area contributed by atoms with Crippen LogP contribution in [0.25, 0.3) is 0 Å². The van der Waals surface area contributed by atoms with Crippen LogP contribution in [0.15, 0.2) is 0 Å². The third-order valence-electron chi connectivity index (χ3n) is 2.52. The van der Waals surface area contributed by atoms with E-state index in [0.29, 0.717) is 6.54 Å². The minimum absolute atomic E-state index is 0.0500. The molecule has 0 aromatic carbocycles. The highest BCUT2D eigenvalue weighted by Gasteiger charge is 2.61. The summed E-state index contributed by atoms with van der Waals surface area (Å²) in [4.78, 5) is 10.9. The highest BCUT2D eigenvalue weighted by atomic mass is 19.3. The maximum Gasteiger partial charge on any atom is 0.379 e. The lowest BCUT2D eigenvalue weighted by atomic mass is 9.94. The molecule has 0 spiro atoms. The van der Waals surface area contributed by atoms with Gasteiger partial charge < -0.3 is 14.8 Å². The number of hydrogen-bond acceptors (Lipinski definition) is 4. The van der Waals surface area contributed by atoms with Gasteiger partial charge >= 0.3 is 11.9 Å². The smallest absolute Gasteiger partial charge is 0.379 e. The van der Waals surface area contributed by atoms with Gasteiger partial charge in [0.05, 0.1) is 7.11 Å². The number of alkyl halides is 2. The summed E-state index contributed by atoms with van der Waals surface area (Å²) in [5.74, 6) is -5.16. The van der Waals surface area contributed by atoms with Crippen LogP contribution >= 0.6 is 0 Å². The standard InChI is InChI=1S/C8H13F2NO3/c1-13-6(12)8(9,10)7(14-2)3-4-11-5-7/h11H,3-5H2,1-2H3. The Kier molecular flexibility index (Phi) is 3.06. The Balaban J connectivity index is 2.92. The van der Waals surface area contributed by atoms with Crippen LogP contribution in [0.1, 0.15) is 6.42 Å². The van der Waals surface area contributed by atoms with Crippen molar-refractivity contribution >= 4 is 5.97 Å². The van der Waals surface area contributed by atoms with Crippen molar-refractivity contribution in [1.82, 2.24) is 5.32 Å². The van der Waals surface area contributed by atoms with Gasteiger partial charge in [0.15, 0.2) is 5.60 Å². The van der Waals surface area contributed by atoms with Crippen LogP contribution in [-0.2, 0) is 14.3 Å². The first-order chi connectivity index (χ1) is 6.50. The number of carbonyl (C=O) groups is 1. The fraction of sp³-hybridized carbons (Fsp3) is 0.875. The number of hydrogen-bond donors (Lipinski definition) is 1. The molecule has 0 bridgehead atoms. The molecule has 0 aromatic rings. The van der Waals surface area contributed by atoms with Crippen molar-refractivity contribution in [3.8, 4) is 0 Å². The van der Waals surface area contributed by atoms with Gasteiger partial charge in [-0.1, -0.05) is 0 Å². The molecule has 0 aromatic heterocycles. The van der Waals surface area contributed by atoms with Crippen molar-refractivity contribution in [3.05, 3.63) is 0 Å². The molecule has 0 aliphatic carbocycles. The molecule has 1 fully saturated rings. The molecule has 1 N–H and O–H groups in total. The molecule has 14 heavy (non-hydrogen) atoms. The fourth-order valence-corrected chi connectivity index (χ4v) is 1.55. The summed E-state index contributed by atoms with van der Waals surface area (Å²) in [6, 6.07) is 0. The molecule has 1 rings (SSSR count). The Hall–Kier alpha value is -0.750. The van der Waals surface area contributed by atoms with E-state index in [2.05, 4.69) is 10.1 Å². The van der Waals surface area contributed by atoms with Gasteiger partial charge in [-0.25, -0.2) is 4.79 Å². The van der Waals surface area contributed by atoms with Gasteiger partial charge in [-0.3, -0.25) is 0 Å². The zero-order valence-electron chi connectivity index (χ0n) is 8.10. The van der Waals surface area contributed by atoms with Crippen LogP contribution in [-0.4, -0.2) is 44.8 Å². The van der Waals surface area contributed by atoms with Crippen LogP contribution in [0.2, 0.25) is 0 Å². The molecule has 82 valence electrons. The van der Waals surface area contributed by atoms with Gasteiger partial charge in [-0.2, -0.15) is 8.78 Å². The van der Waals surface area contributed by atoms with Crippen molar-refractivity contribution < 1.29 is 23.0 Å². The lowest BCUT2D eigenvalue weighted by Crippen LogP contribution is -2.56. The van der Waals surface area contributed by atoms with Crippen LogP contribution in [0.3, 0.4) is 0 Å². The molecule has 0 saturated carbocycles. The predicted octanol–water partition coefficient (Wildman–Crippen LogP) is 0.173. The third kappa shape index (κ3) is 1.48. The molecular weight excluding hydrogens is 196 g/mol. The molecule has 1 aliphatic rings. The lowest BCUT2D eigenvalue weighted by molar-refractivity contribution is -0.213. The summed E-state index contributed by atoms with van der Waals surface area (Å²) in [7, 11) is 2.10. The average molecular weight is 209 g/mol. The van der Waals surface area contributed by atoms with Gasteiger partial charge in [0.2, 0.25) is 0 Å². The summed E-state index contributed by atoms with van der Waals surface area (Å²) in [6.07, 6.45) is 0.0889. The van der Waals surface area contributed by atoms with Crippen molar-refractivity contribution in [1.29, 1.82) is 0 Å². The molecule has 6 heteroatoms. The second kappa shape index (κ2) is 3.78. The number of rotatable bonds is 3. The van der Waals surface area contributed by atoms with E-state index in [4.69, 9.17) is 4.74 Å². The second-order valence-electron chi connectivity index (χ2n) is 3.19. The first kappa shape index (κ1) is 11.3. The first-order valence-electron chi connectivity index (χ1n) is 4.22. The third-order valence-corrected chi connectivity index (χ3v) is 2.52. The Labute approximate surface area is 80.6 Å². The second-order valence-corrected chi connectivity index (χ2v) is 3.19. The van der Waals surface area contributed by atoms with E-state index in [9.17, 15) is 13.6 Å². The normalized spacial score (nSPS) is 27.7. The largest absolute Gasteiger partial charge is 0.464 e. The first-order valence-corrected chi connectivity index (χ1v) is 4.22. The molecule has 1 atom stereocenters. The molecule has 1 saturated heterocycles. The maximum absolute atomic E-state index is 13.5. The number of methoxy groups -OCH3 is 2. The lowest BCUT2D eigenvalue weighted by Gasteiger charge is -2.32. The van der Waals surface area contributed by atoms with E-state index in [1.165, 1.54) is 7.11 Å². The van der Waals surface area contributed by atoms with Gasteiger partial charge in [-0.05, 0) is 13.0 Å². The monoisotopic (exact) mass is 209 g/mol. The highest BCUT2D eigenvalue weighted by Crippen LogP contribution is 2.37. The van der Waals surface area contributed by atoms with Gasteiger partial charge in [0.25, 0.3) is 0 Å². The SMILES string of the molecule is COC(=O)C(F)(F)C1(OC)CCNC1. The van der Waals surface area contributed by atoms with Gasteiger partial charge in [0, 0.05) is 13.7 Å². The molecule has 1 aliphatic heterocycles. The van der Waals surface area contributed by atoms with E-state index in [1.807, 2.05) is 0 Å². The summed E-state index contributed by atoms with van der Waals surface area (Å²) < 4.78 is 35.9. The van der Waals surface area contributed by atoms with Crippen molar-refractivity contribution in [3.63, 3.8) is 0 Å². The number of halogens is 2. The fourth-order valence-electron chi connectivity index (χ4n) is 1.55. The van der Waals surface area contributed by atoms with Crippen LogP contribution in [0.5, 0.6) is 0 Å². The molecule has 1 heterocycles. The van der Waals surface area contributed by atoms with Crippen molar-refractivity contribution in [2.75, 3.05) is 27.3 Å². The Bertz CT molecular complexity index is 227. The molecule has 4 nitrogen and oxygen atoms in total. The average Bonchev–Trinajstić information content (AvgIpc) is 2.66. The van der Waals surface area contributed by atoms with E-state index >= 15 is 0 Å². The number of esters is 1. The van der Waals surface area contributed by atoms with E-state index in [-0.39, 0.29) is 13.0 Å². The zero-order chi connectivity index (χ0) is 10.8. The van der Waals surface area contributed by atoms with E-state index < -0.39 is 17.5 Å². The summed E-state index contributed by atoms with van der Waals surface area (Å²) in [6.45, 7) is 0.353. The Morgan fingerprint density at radius 3 is 2.50 bits per heavy atom. The summed E-state index contributed by atoms with van der Waals surface area (Å²) >= 11 is 0. The Morgan fingerprint density at radius 1 is 1.50 bits per heavy atom. The molecule has 1 unspecified atom stereocenters. The van der Waals surface area contributed by atoms with E-state index in [0.717, 1.165) is 7.11 Å². The van der Waals surface area contributed by atoms with Crippen molar-refractivity contribution in [2.24, 2.45) is 0 Å². The van der Waals surface area contributed by atoms with Crippen LogP contribution < -0.4 is 5.32 Å². The summed E-state index contributed by atoms with van der Waals surface area (Å²) in [5, 5.41) is 2.74. The van der Waals surface area contributed by atoms with Gasteiger partial charge in [0.1, 0.15) is 0 Å². The summed E-state index contributed by atoms with van der Waals surface area (Å²) in [5.41, 5.74) is -1.76. The maximum atomic E-state index is 13.5. The molecular formula is C8H13F2NO3. The van der Waals surface area contributed by atoms with Crippen molar-refractivity contribution in [2.45, 2.75) is 17.9 Å². The zero-order valence-corrected chi connectivity index (χ0v) is 8.10. The van der Waals surface area contributed by atoms with Gasteiger partial charge in [-0.15, -0.1) is 0 Å². The molecule has 0 radical (unpaired) electrons. The quantitative estimate of drug-likeness (QED) is 0.673. The topological polar surface area (TPSA) is 47.6 Å². The van der Waals surface area contributed by atoms with Crippen LogP contribution in [0, 0.1) is 0 Å². The minimum atomic E-state index is -3.61. The highest BCUT2D eigenvalue weighted by molar-refractivity contribution is 5.79. The predicted molar refractivity (Wildman–Crippen MR) is 44.2 cm³/mol. The number of ether oxygens (including phenoxy) is 2. The van der Waals surface area contributed by atoms with Crippen LogP contribution in [0.4, 0.5) is 8.78 Å². The Morgan fingerprint density at radius 2 is 2.14 bits per heavy atom. The minimum Gasteiger partial charge on any atom is -0.464 e.